The molecule has 1 rings (SSSR count). The number of benzene rings is 1. The van der Waals surface area contributed by atoms with Crippen LogP contribution in [0.1, 0.15) is 50.4 Å². The van der Waals surface area contributed by atoms with Crippen LogP contribution in [0.4, 0.5) is 10.5 Å². The summed E-state index contributed by atoms with van der Waals surface area (Å²) in [6.07, 6.45) is 2.07. The standard InChI is InChI=1S/C18H28N2O4/c1-4-5-10-24-17(22)15-6-8-16(9-7-15)20-18(23)19-12-13(2)11-14(3)21/h6-9,13-14,21H,4-5,10-12H2,1-3H3,(H2,19,20,23). The van der Waals surface area contributed by atoms with Crippen molar-refractivity contribution in [1.29, 1.82) is 0 Å². The number of aliphatic hydroxyl groups excluding tert-OH is 1. The molecule has 0 aliphatic carbocycles. The molecule has 2 unspecified atom stereocenters. The van der Waals surface area contributed by atoms with E-state index in [0.29, 0.717) is 30.8 Å². The zero-order valence-electron chi connectivity index (χ0n) is 14.7. The molecule has 1 aromatic carbocycles. The van der Waals surface area contributed by atoms with Gasteiger partial charge in [0.1, 0.15) is 0 Å². The molecule has 0 bridgehead atoms. The number of nitrogens with one attached hydrogen (secondary N) is 2. The first kappa shape index (κ1) is 20.0. The van der Waals surface area contributed by atoms with E-state index in [4.69, 9.17) is 4.74 Å². The predicted octanol–water partition coefficient (Wildman–Crippen LogP) is 3.17. The molecule has 0 saturated carbocycles. The zero-order chi connectivity index (χ0) is 17.9. The Morgan fingerprint density at radius 1 is 1.21 bits per heavy atom. The Hall–Kier alpha value is -2.08. The monoisotopic (exact) mass is 336 g/mol. The summed E-state index contributed by atoms with van der Waals surface area (Å²) in [5, 5.41) is 14.8. The third-order valence-corrected chi connectivity index (χ3v) is 3.46. The second-order valence-corrected chi connectivity index (χ2v) is 6.09. The highest BCUT2D eigenvalue weighted by Crippen LogP contribution is 2.11. The number of urea groups is 1. The summed E-state index contributed by atoms with van der Waals surface area (Å²) in [6.45, 7) is 6.63. The highest BCUT2D eigenvalue weighted by molar-refractivity contribution is 5.92. The van der Waals surface area contributed by atoms with Crippen LogP contribution < -0.4 is 10.6 Å². The minimum Gasteiger partial charge on any atom is -0.462 e. The van der Waals surface area contributed by atoms with E-state index < -0.39 is 0 Å². The lowest BCUT2D eigenvalue weighted by molar-refractivity contribution is 0.0499. The molecule has 3 N–H and O–H groups in total. The predicted molar refractivity (Wildman–Crippen MR) is 94.1 cm³/mol. The third-order valence-electron chi connectivity index (χ3n) is 3.46. The molecule has 6 nitrogen and oxygen atoms in total. The lowest BCUT2D eigenvalue weighted by Gasteiger charge is -2.14. The van der Waals surface area contributed by atoms with Gasteiger partial charge in [0.25, 0.3) is 0 Å². The van der Waals surface area contributed by atoms with Crippen molar-refractivity contribution in [2.24, 2.45) is 5.92 Å². The van der Waals surface area contributed by atoms with Crippen LogP contribution in [0, 0.1) is 5.92 Å². The molecule has 0 spiro atoms. The first-order valence-corrected chi connectivity index (χ1v) is 8.42. The fourth-order valence-corrected chi connectivity index (χ4v) is 2.19. The minimum absolute atomic E-state index is 0.191. The first-order chi connectivity index (χ1) is 11.4. The van der Waals surface area contributed by atoms with E-state index in [9.17, 15) is 14.7 Å². The molecular formula is C18H28N2O4. The molecule has 2 amide bonds. The Morgan fingerprint density at radius 2 is 1.88 bits per heavy atom. The Balaban J connectivity index is 2.40. The van der Waals surface area contributed by atoms with Crippen LogP contribution in [0.2, 0.25) is 0 Å². The number of hydrogen-bond acceptors (Lipinski definition) is 4. The van der Waals surface area contributed by atoms with E-state index in [1.54, 1.807) is 31.2 Å². The van der Waals surface area contributed by atoms with Crippen LogP contribution >= 0.6 is 0 Å². The van der Waals surface area contributed by atoms with Gasteiger partial charge in [0.2, 0.25) is 0 Å². The van der Waals surface area contributed by atoms with E-state index in [2.05, 4.69) is 10.6 Å². The summed E-state index contributed by atoms with van der Waals surface area (Å²) < 4.78 is 5.13. The highest BCUT2D eigenvalue weighted by Gasteiger charge is 2.10. The Labute approximate surface area is 143 Å². The van der Waals surface area contributed by atoms with Crippen molar-refractivity contribution in [1.82, 2.24) is 5.32 Å². The molecule has 0 aromatic heterocycles. The van der Waals surface area contributed by atoms with Crippen molar-refractivity contribution in [3.05, 3.63) is 29.8 Å². The Morgan fingerprint density at radius 3 is 2.46 bits per heavy atom. The van der Waals surface area contributed by atoms with Crippen LogP contribution in [-0.2, 0) is 4.74 Å². The third kappa shape index (κ3) is 7.97. The molecule has 0 heterocycles. The van der Waals surface area contributed by atoms with Crippen molar-refractivity contribution in [2.75, 3.05) is 18.5 Å². The lowest BCUT2D eigenvalue weighted by Crippen LogP contribution is -2.33. The van der Waals surface area contributed by atoms with E-state index >= 15 is 0 Å². The van der Waals surface area contributed by atoms with E-state index in [1.807, 2.05) is 13.8 Å². The van der Waals surface area contributed by atoms with Gasteiger partial charge in [-0.15, -0.1) is 0 Å². The highest BCUT2D eigenvalue weighted by atomic mass is 16.5. The maximum atomic E-state index is 11.8. The van der Waals surface area contributed by atoms with Gasteiger partial charge in [0.05, 0.1) is 18.3 Å². The zero-order valence-corrected chi connectivity index (χ0v) is 14.7. The summed E-state index contributed by atoms with van der Waals surface area (Å²) >= 11 is 0. The quantitative estimate of drug-likeness (QED) is 0.477. The second-order valence-electron chi connectivity index (χ2n) is 6.09. The Kier molecular flexibility index (Phi) is 8.86. The maximum Gasteiger partial charge on any atom is 0.338 e. The number of ether oxygens (including phenoxy) is 1. The van der Waals surface area contributed by atoms with E-state index in [1.165, 1.54) is 0 Å². The number of carbonyl (C=O) groups excluding carboxylic acids is 2. The number of amides is 2. The minimum atomic E-state index is -0.380. The van der Waals surface area contributed by atoms with Gasteiger partial charge in [-0.25, -0.2) is 9.59 Å². The van der Waals surface area contributed by atoms with Gasteiger partial charge in [0.15, 0.2) is 0 Å². The molecular weight excluding hydrogens is 308 g/mol. The SMILES string of the molecule is CCCCOC(=O)c1ccc(NC(=O)NCC(C)CC(C)O)cc1. The molecule has 6 heteroatoms. The summed E-state index contributed by atoms with van der Waals surface area (Å²) in [5.74, 6) is -0.164. The van der Waals surface area contributed by atoms with Crippen molar-refractivity contribution < 1.29 is 19.4 Å². The van der Waals surface area contributed by atoms with Crippen LogP contribution in [0.5, 0.6) is 0 Å². The first-order valence-electron chi connectivity index (χ1n) is 8.42. The molecule has 0 saturated heterocycles. The number of unbranched alkanes of at least 4 members (excludes halogenated alkanes) is 1. The molecule has 0 aliphatic rings. The maximum absolute atomic E-state index is 11.8. The van der Waals surface area contributed by atoms with Gasteiger partial charge < -0.3 is 20.5 Å². The van der Waals surface area contributed by atoms with Crippen molar-refractivity contribution >= 4 is 17.7 Å². The normalized spacial score (nSPS) is 13.0. The Bertz CT molecular complexity index is 514. The molecule has 0 aliphatic heterocycles. The van der Waals surface area contributed by atoms with E-state index in [-0.39, 0.29) is 24.0 Å². The largest absolute Gasteiger partial charge is 0.462 e. The molecule has 1 aromatic rings. The summed E-state index contributed by atoms with van der Waals surface area (Å²) in [5.41, 5.74) is 1.06. The number of aliphatic hydroxyl groups is 1. The number of hydrogen-bond donors (Lipinski definition) is 3. The lowest BCUT2D eigenvalue weighted by atomic mass is 10.1. The molecule has 134 valence electrons. The number of rotatable bonds is 9. The van der Waals surface area contributed by atoms with E-state index in [0.717, 1.165) is 12.8 Å². The molecule has 0 radical (unpaired) electrons. The van der Waals surface area contributed by atoms with Crippen LogP contribution in [0.25, 0.3) is 0 Å². The van der Waals surface area contributed by atoms with Crippen molar-refractivity contribution in [2.45, 2.75) is 46.1 Å². The smallest absolute Gasteiger partial charge is 0.338 e. The van der Waals surface area contributed by atoms with Gasteiger partial charge >= 0.3 is 12.0 Å². The fourth-order valence-electron chi connectivity index (χ4n) is 2.19. The van der Waals surface area contributed by atoms with Gasteiger partial charge in [-0.2, -0.15) is 0 Å². The van der Waals surface area contributed by atoms with Crippen LogP contribution in [-0.4, -0.2) is 36.4 Å². The average molecular weight is 336 g/mol. The van der Waals surface area contributed by atoms with Crippen LogP contribution in [0.15, 0.2) is 24.3 Å². The summed E-state index contributed by atoms with van der Waals surface area (Å²) in [7, 11) is 0. The molecule has 0 fully saturated rings. The van der Waals surface area contributed by atoms with Crippen LogP contribution in [0.3, 0.4) is 0 Å². The fraction of sp³-hybridized carbons (Fsp3) is 0.556. The second kappa shape index (κ2) is 10.6. The van der Waals surface area contributed by atoms with Gasteiger partial charge in [-0.3, -0.25) is 0 Å². The summed E-state index contributed by atoms with van der Waals surface area (Å²) in [6, 6.07) is 6.26. The molecule has 2 atom stereocenters. The number of carbonyl (C=O) groups is 2. The van der Waals surface area contributed by atoms with Gasteiger partial charge in [0, 0.05) is 12.2 Å². The van der Waals surface area contributed by atoms with Crippen molar-refractivity contribution in [3.8, 4) is 0 Å². The van der Waals surface area contributed by atoms with Gasteiger partial charge in [-0.05, 0) is 49.9 Å². The van der Waals surface area contributed by atoms with Gasteiger partial charge in [-0.1, -0.05) is 20.3 Å². The number of esters is 1. The molecule has 24 heavy (non-hydrogen) atoms. The topological polar surface area (TPSA) is 87.7 Å². The van der Waals surface area contributed by atoms with Crippen molar-refractivity contribution in [3.63, 3.8) is 0 Å². The average Bonchev–Trinajstić information content (AvgIpc) is 2.53. The summed E-state index contributed by atoms with van der Waals surface area (Å²) in [4.78, 5) is 23.6. The number of anilines is 1.